The van der Waals surface area contributed by atoms with Crippen LogP contribution in [-0.4, -0.2) is 55.4 Å². The number of hydrogen-bond donors (Lipinski definition) is 2. The molecule has 0 aliphatic carbocycles. The van der Waals surface area contributed by atoms with Crippen LogP contribution in [0.1, 0.15) is 23.2 Å². The number of aromatic hydroxyl groups is 1. The molecule has 1 aromatic carbocycles. The van der Waals surface area contributed by atoms with Crippen molar-refractivity contribution >= 4 is 5.91 Å². The van der Waals surface area contributed by atoms with Gasteiger partial charge < -0.3 is 25.2 Å². The van der Waals surface area contributed by atoms with Gasteiger partial charge in [0.05, 0.1) is 25.4 Å². The summed E-state index contributed by atoms with van der Waals surface area (Å²) in [5.41, 5.74) is 5.69. The lowest BCUT2D eigenvalue weighted by Crippen LogP contribution is -2.41. The third-order valence-corrected chi connectivity index (χ3v) is 3.63. The highest BCUT2D eigenvalue weighted by Gasteiger charge is 2.25. The van der Waals surface area contributed by atoms with Crippen molar-refractivity contribution in [1.82, 2.24) is 4.90 Å². The zero-order chi connectivity index (χ0) is 15.2. The Morgan fingerprint density at radius 2 is 2.14 bits per heavy atom. The minimum atomic E-state index is -0.177. The Kier molecular flexibility index (Phi) is 5.41. The molecule has 1 fully saturated rings. The summed E-state index contributed by atoms with van der Waals surface area (Å²) in [4.78, 5) is 14.2. The van der Waals surface area contributed by atoms with Crippen LogP contribution in [0, 0.1) is 0 Å². The second kappa shape index (κ2) is 7.28. The van der Waals surface area contributed by atoms with E-state index in [4.69, 9.17) is 15.2 Å². The molecule has 0 spiro atoms. The smallest absolute Gasteiger partial charge is 0.257 e. The molecule has 1 aromatic rings. The topological polar surface area (TPSA) is 85.0 Å². The third kappa shape index (κ3) is 3.86. The Morgan fingerprint density at radius 1 is 1.43 bits per heavy atom. The Bertz CT molecular complexity index is 485. The zero-order valence-electron chi connectivity index (χ0n) is 12.2. The molecule has 0 radical (unpaired) electrons. The second-order valence-electron chi connectivity index (χ2n) is 5.03. The summed E-state index contributed by atoms with van der Waals surface area (Å²) >= 11 is 0. The molecule has 3 N–H and O–H groups in total. The van der Waals surface area contributed by atoms with Crippen LogP contribution in [0.25, 0.3) is 0 Å². The van der Waals surface area contributed by atoms with Crippen molar-refractivity contribution in [2.75, 3.05) is 33.4 Å². The first-order valence-corrected chi connectivity index (χ1v) is 7.13. The van der Waals surface area contributed by atoms with E-state index in [9.17, 15) is 9.90 Å². The van der Waals surface area contributed by atoms with E-state index >= 15 is 0 Å². The minimum absolute atomic E-state index is 0.0256. The average molecular weight is 294 g/mol. The number of ether oxygens (including phenoxy) is 2. The van der Waals surface area contributed by atoms with Crippen LogP contribution >= 0.6 is 0 Å². The molecule has 0 atom stereocenters. The van der Waals surface area contributed by atoms with Gasteiger partial charge in [-0.05, 0) is 31.0 Å². The maximum Gasteiger partial charge on any atom is 0.257 e. The van der Waals surface area contributed by atoms with Crippen molar-refractivity contribution < 1.29 is 19.4 Å². The molecular weight excluding hydrogens is 272 g/mol. The number of likely N-dealkylation sites (tertiary alicyclic amines) is 1. The van der Waals surface area contributed by atoms with Gasteiger partial charge in [0, 0.05) is 19.6 Å². The van der Waals surface area contributed by atoms with E-state index in [-0.39, 0.29) is 23.3 Å². The number of hydrogen-bond acceptors (Lipinski definition) is 5. The van der Waals surface area contributed by atoms with Gasteiger partial charge in [-0.2, -0.15) is 0 Å². The molecule has 0 unspecified atom stereocenters. The van der Waals surface area contributed by atoms with Gasteiger partial charge in [0.15, 0.2) is 0 Å². The number of nitrogens with zero attached hydrogens (tertiary/aromatic N) is 1. The van der Waals surface area contributed by atoms with Crippen LogP contribution in [0.2, 0.25) is 0 Å². The van der Waals surface area contributed by atoms with E-state index in [2.05, 4.69) is 0 Å². The summed E-state index contributed by atoms with van der Waals surface area (Å²) < 4.78 is 10.7. The van der Waals surface area contributed by atoms with Crippen molar-refractivity contribution in [1.29, 1.82) is 0 Å². The van der Waals surface area contributed by atoms with E-state index in [1.165, 1.54) is 13.2 Å². The van der Waals surface area contributed by atoms with Crippen molar-refractivity contribution in [3.63, 3.8) is 0 Å². The Balaban J connectivity index is 1.98. The lowest BCUT2D eigenvalue weighted by molar-refractivity contribution is 0.0121. The molecule has 1 aliphatic heterocycles. The number of phenols is 1. The SMILES string of the molecule is COc1ccc(O)c(C(=O)N2CCC(OCCN)CC2)c1. The number of amides is 1. The normalized spacial score (nSPS) is 16.0. The summed E-state index contributed by atoms with van der Waals surface area (Å²) in [6, 6.07) is 4.66. The lowest BCUT2D eigenvalue weighted by atomic mass is 10.1. The first-order chi connectivity index (χ1) is 10.2. The molecule has 0 aromatic heterocycles. The van der Waals surface area contributed by atoms with E-state index in [0.29, 0.717) is 32.0 Å². The molecule has 1 saturated heterocycles. The van der Waals surface area contributed by atoms with Gasteiger partial charge in [-0.3, -0.25) is 4.79 Å². The Hall–Kier alpha value is -1.79. The zero-order valence-corrected chi connectivity index (χ0v) is 12.2. The van der Waals surface area contributed by atoms with Crippen molar-refractivity contribution in [3.05, 3.63) is 23.8 Å². The first-order valence-electron chi connectivity index (χ1n) is 7.13. The predicted molar refractivity (Wildman–Crippen MR) is 78.6 cm³/mol. The van der Waals surface area contributed by atoms with Crippen LogP contribution in [-0.2, 0) is 4.74 Å². The number of phenolic OH excluding ortho intramolecular Hbond substituents is 1. The largest absolute Gasteiger partial charge is 0.507 e. The van der Waals surface area contributed by atoms with Crippen LogP contribution in [0.15, 0.2) is 18.2 Å². The van der Waals surface area contributed by atoms with Crippen molar-refractivity contribution in [2.24, 2.45) is 5.73 Å². The Labute approximate surface area is 124 Å². The van der Waals surface area contributed by atoms with Crippen LogP contribution in [0.4, 0.5) is 0 Å². The minimum Gasteiger partial charge on any atom is -0.507 e. The number of nitrogens with two attached hydrogens (primary N) is 1. The lowest BCUT2D eigenvalue weighted by Gasteiger charge is -2.32. The van der Waals surface area contributed by atoms with E-state index in [1.54, 1.807) is 17.0 Å². The summed E-state index contributed by atoms with van der Waals surface area (Å²) in [6.45, 7) is 2.29. The highest BCUT2D eigenvalue weighted by atomic mass is 16.5. The molecule has 116 valence electrons. The van der Waals surface area contributed by atoms with E-state index in [0.717, 1.165) is 12.8 Å². The van der Waals surface area contributed by atoms with Crippen LogP contribution < -0.4 is 10.5 Å². The third-order valence-electron chi connectivity index (χ3n) is 3.63. The first kappa shape index (κ1) is 15.6. The number of benzene rings is 1. The number of methoxy groups -OCH3 is 1. The molecule has 0 saturated carbocycles. The van der Waals surface area contributed by atoms with Gasteiger partial charge in [0.2, 0.25) is 0 Å². The number of rotatable bonds is 5. The van der Waals surface area contributed by atoms with Crippen LogP contribution in [0.3, 0.4) is 0 Å². The fourth-order valence-electron chi connectivity index (χ4n) is 2.44. The maximum absolute atomic E-state index is 12.5. The highest BCUT2D eigenvalue weighted by molar-refractivity contribution is 5.97. The van der Waals surface area contributed by atoms with E-state index in [1.807, 2.05) is 0 Å². The average Bonchev–Trinajstić information content (AvgIpc) is 2.53. The molecule has 2 rings (SSSR count). The van der Waals surface area contributed by atoms with Gasteiger partial charge in [-0.1, -0.05) is 0 Å². The van der Waals surface area contributed by atoms with Gasteiger partial charge in [0.25, 0.3) is 5.91 Å². The standard InChI is InChI=1S/C15H22N2O4/c1-20-12-2-3-14(18)13(10-12)15(19)17-7-4-11(5-8-17)21-9-6-16/h2-3,10-11,18H,4-9,16H2,1H3. The van der Waals surface area contributed by atoms with Crippen molar-refractivity contribution in [2.45, 2.75) is 18.9 Å². The quantitative estimate of drug-likeness (QED) is 0.845. The summed E-state index contributed by atoms with van der Waals surface area (Å²) in [6.07, 6.45) is 1.74. The van der Waals surface area contributed by atoms with Gasteiger partial charge >= 0.3 is 0 Å². The molecule has 6 nitrogen and oxygen atoms in total. The summed E-state index contributed by atoms with van der Waals surface area (Å²) in [7, 11) is 1.53. The molecule has 1 aliphatic rings. The molecule has 6 heteroatoms. The monoisotopic (exact) mass is 294 g/mol. The molecular formula is C15H22N2O4. The fraction of sp³-hybridized carbons (Fsp3) is 0.533. The predicted octanol–water partition coefficient (Wildman–Crippen LogP) is 0.981. The highest BCUT2D eigenvalue weighted by Crippen LogP contribution is 2.25. The molecule has 0 bridgehead atoms. The molecule has 21 heavy (non-hydrogen) atoms. The van der Waals surface area contributed by atoms with Gasteiger partial charge in [0.1, 0.15) is 11.5 Å². The van der Waals surface area contributed by atoms with Crippen LogP contribution in [0.5, 0.6) is 11.5 Å². The Morgan fingerprint density at radius 3 is 2.76 bits per heavy atom. The van der Waals surface area contributed by atoms with Gasteiger partial charge in [-0.25, -0.2) is 0 Å². The summed E-state index contributed by atoms with van der Waals surface area (Å²) in [5, 5.41) is 9.86. The number of carbonyl (C=O) groups is 1. The second-order valence-corrected chi connectivity index (χ2v) is 5.03. The van der Waals surface area contributed by atoms with E-state index < -0.39 is 0 Å². The van der Waals surface area contributed by atoms with Gasteiger partial charge in [-0.15, -0.1) is 0 Å². The number of piperidine rings is 1. The fourth-order valence-corrected chi connectivity index (χ4v) is 2.44. The maximum atomic E-state index is 12.5. The summed E-state index contributed by atoms with van der Waals surface area (Å²) in [5.74, 6) is 0.350. The van der Waals surface area contributed by atoms with Crippen molar-refractivity contribution in [3.8, 4) is 11.5 Å². The number of carbonyl (C=O) groups excluding carboxylic acids is 1. The molecule has 1 heterocycles. The molecule has 1 amide bonds.